The second kappa shape index (κ2) is 2.53. The average molecular weight is 126 g/mol. The summed E-state index contributed by atoms with van der Waals surface area (Å²) in [6, 6.07) is 0.590. The quantitative estimate of drug-likeness (QED) is 0.648. The van der Waals surface area contributed by atoms with E-state index in [0.717, 1.165) is 12.1 Å². The summed E-state index contributed by atoms with van der Waals surface area (Å²) in [6.07, 6.45) is 2.58. The van der Waals surface area contributed by atoms with Crippen LogP contribution < -0.4 is 5.32 Å². The molecule has 0 spiro atoms. The van der Waals surface area contributed by atoms with Crippen molar-refractivity contribution in [2.75, 3.05) is 12.4 Å². The lowest BCUT2D eigenvalue weighted by Gasteiger charge is -1.84. The average Bonchev–Trinajstić information content (AvgIpc) is 2.34. The molecule has 3 nitrogen and oxygen atoms in total. The molecule has 0 fully saturated rings. The Morgan fingerprint density at radius 2 is 2.56 bits per heavy atom. The van der Waals surface area contributed by atoms with Crippen LogP contribution in [-0.4, -0.2) is 12.0 Å². The lowest BCUT2D eigenvalue weighted by atomic mass is 10.4. The number of hydrogen-bond donors (Lipinski definition) is 1. The fourth-order valence-electron chi connectivity index (χ4n) is 0.584. The van der Waals surface area contributed by atoms with Crippen LogP contribution in [0.5, 0.6) is 0 Å². The number of rotatable bonds is 2. The largest absolute Gasteiger partial charge is 0.432 e. The topological polar surface area (TPSA) is 38.1 Å². The molecule has 0 saturated heterocycles. The van der Waals surface area contributed by atoms with Crippen LogP contribution >= 0.6 is 0 Å². The van der Waals surface area contributed by atoms with Crippen molar-refractivity contribution in [3.05, 3.63) is 12.0 Å². The van der Waals surface area contributed by atoms with E-state index in [0.29, 0.717) is 6.01 Å². The van der Waals surface area contributed by atoms with Crippen LogP contribution in [0.15, 0.2) is 10.7 Å². The van der Waals surface area contributed by atoms with Crippen LogP contribution in [0.4, 0.5) is 6.01 Å². The monoisotopic (exact) mass is 126 g/mol. The summed E-state index contributed by atoms with van der Waals surface area (Å²) < 4.78 is 4.98. The molecule has 3 heteroatoms. The van der Waals surface area contributed by atoms with E-state index in [9.17, 15) is 0 Å². The second-order valence-corrected chi connectivity index (χ2v) is 1.75. The Hall–Kier alpha value is -0.990. The van der Waals surface area contributed by atoms with Gasteiger partial charge in [0.2, 0.25) is 0 Å². The Morgan fingerprint density at radius 3 is 2.89 bits per heavy atom. The third kappa shape index (κ3) is 1.22. The first-order chi connectivity index (χ1) is 4.36. The van der Waals surface area contributed by atoms with Crippen LogP contribution in [0.3, 0.4) is 0 Å². The van der Waals surface area contributed by atoms with Crippen molar-refractivity contribution in [2.24, 2.45) is 0 Å². The van der Waals surface area contributed by atoms with Crippen LogP contribution in [0.2, 0.25) is 0 Å². The summed E-state index contributed by atoms with van der Waals surface area (Å²) in [5.74, 6) is 0. The molecule has 0 aliphatic carbocycles. The first-order valence-electron chi connectivity index (χ1n) is 2.99. The predicted octanol–water partition coefficient (Wildman–Crippen LogP) is 1.28. The molecule has 1 heterocycles. The molecule has 0 aliphatic heterocycles. The van der Waals surface area contributed by atoms with Gasteiger partial charge in [-0.05, 0) is 6.42 Å². The Bertz CT molecular complexity index is 164. The van der Waals surface area contributed by atoms with Crippen molar-refractivity contribution in [2.45, 2.75) is 13.3 Å². The van der Waals surface area contributed by atoms with Gasteiger partial charge in [-0.25, -0.2) is 0 Å². The number of aromatic nitrogens is 1. The molecule has 0 aliphatic rings. The standard InChI is InChI=1S/C6H10N2O/c1-3-5-4-9-6(7-2)8-5/h4H,3H2,1-2H3,(H,7,8). The molecule has 0 atom stereocenters. The molecule has 1 rings (SSSR count). The van der Waals surface area contributed by atoms with Gasteiger partial charge in [0, 0.05) is 7.05 Å². The summed E-state index contributed by atoms with van der Waals surface area (Å²) >= 11 is 0. The van der Waals surface area contributed by atoms with E-state index in [1.54, 1.807) is 13.3 Å². The number of anilines is 1. The summed E-state index contributed by atoms with van der Waals surface area (Å²) in [5, 5.41) is 2.80. The first-order valence-corrected chi connectivity index (χ1v) is 2.99. The van der Waals surface area contributed by atoms with Gasteiger partial charge in [0.15, 0.2) is 0 Å². The minimum absolute atomic E-state index is 0.590. The van der Waals surface area contributed by atoms with E-state index < -0.39 is 0 Å². The van der Waals surface area contributed by atoms with Crippen molar-refractivity contribution >= 4 is 6.01 Å². The van der Waals surface area contributed by atoms with Gasteiger partial charge in [0.25, 0.3) is 6.01 Å². The molecule has 0 bridgehead atoms. The van der Waals surface area contributed by atoms with Gasteiger partial charge in [0.1, 0.15) is 6.26 Å². The molecule has 9 heavy (non-hydrogen) atoms. The molecule has 0 unspecified atom stereocenters. The molecule has 1 aromatic heterocycles. The summed E-state index contributed by atoms with van der Waals surface area (Å²) in [4.78, 5) is 4.07. The third-order valence-electron chi connectivity index (χ3n) is 1.13. The number of aryl methyl sites for hydroxylation is 1. The maximum absolute atomic E-state index is 4.98. The van der Waals surface area contributed by atoms with Crippen molar-refractivity contribution in [3.8, 4) is 0 Å². The number of nitrogens with one attached hydrogen (secondary N) is 1. The zero-order chi connectivity index (χ0) is 6.69. The first kappa shape index (κ1) is 6.13. The second-order valence-electron chi connectivity index (χ2n) is 1.75. The van der Waals surface area contributed by atoms with Gasteiger partial charge in [-0.3, -0.25) is 0 Å². The fourth-order valence-corrected chi connectivity index (χ4v) is 0.584. The van der Waals surface area contributed by atoms with Gasteiger partial charge in [-0.2, -0.15) is 4.98 Å². The highest BCUT2D eigenvalue weighted by atomic mass is 16.4. The summed E-state index contributed by atoms with van der Waals surface area (Å²) in [7, 11) is 1.78. The van der Waals surface area contributed by atoms with Gasteiger partial charge in [-0.15, -0.1) is 0 Å². The minimum Gasteiger partial charge on any atom is -0.432 e. The SMILES string of the molecule is CCc1coc(NC)n1. The highest BCUT2D eigenvalue weighted by Gasteiger charge is 1.96. The van der Waals surface area contributed by atoms with Gasteiger partial charge in [-0.1, -0.05) is 6.92 Å². The van der Waals surface area contributed by atoms with Crippen LogP contribution in [-0.2, 0) is 6.42 Å². The third-order valence-corrected chi connectivity index (χ3v) is 1.13. The van der Waals surface area contributed by atoms with E-state index >= 15 is 0 Å². The minimum atomic E-state index is 0.590. The maximum Gasteiger partial charge on any atom is 0.294 e. The van der Waals surface area contributed by atoms with Crippen molar-refractivity contribution < 1.29 is 4.42 Å². The summed E-state index contributed by atoms with van der Waals surface area (Å²) in [6.45, 7) is 2.04. The molecule has 0 amide bonds. The molecular weight excluding hydrogens is 116 g/mol. The Labute approximate surface area is 54.1 Å². The lowest BCUT2D eigenvalue weighted by molar-refractivity contribution is 0.574. The normalized spacial score (nSPS) is 9.56. The molecule has 1 N–H and O–H groups in total. The number of nitrogens with zero attached hydrogens (tertiary/aromatic N) is 1. The predicted molar refractivity (Wildman–Crippen MR) is 35.4 cm³/mol. The van der Waals surface area contributed by atoms with Crippen molar-refractivity contribution in [1.29, 1.82) is 0 Å². The highest BCUT2D eigenvalue weighted by molar-refractivity contribution is 5.19. The lowest BCUT2D eigenvalue weighted by Crippen LogP contribution is -1.87. The van der Waals surface area contributed by atoms with E-state index in [1.165, 1.54) is 0 Å². The van der Waals surface area contributed by atoms with Gasteiger partial charge < -0.3 is 9.73 Å². The fraction of sp³-hybridized carbons (Fsp3) is 0.500. The van der Waals surface area contributed by atoms with Gasteiger partial charge >= 0.3 is 0 Å². The molecular formula is C6H10N2O. The van der Waals surface area contributed by atoms with Crippen molar-refractivity contribution in [1.82, 2.24) is 4.98 Å². The molecule has 0 aromatic carbocycles. The number of oxazole rings is 1. The van der Waals surface area contributed by atoms with Crippen LogP contribution in [0.1, 0.15) is 12.6 Å². The Balaban J connectivity index is 2.74. The highest BCUT2D eigenvalue weighted by Crippen LogP contribution is 2.05. The van der Waals surface area contributed by atoms with Crippen LogP contribution in [0.25, 0.3) is 0 Å². The molecule has 1 aromatic rings. The van der Waals surface area contributed by atoms with E-state index in [4.69, 9.17) is 4.42 Å². The van der Waals surface area contributed by atoms with Crippen molar-refractivity contribution in [3.63, 3.8) is 0 Å². The van der Waals surface area contributed by atoms with E-state index in [1.807, 2.05) is 6.92 Å². The van der Waals surface area contributed by atoms with E-state index in [-0.39, 0.29) is 0 Å². The van der Waals surface area contributed by atoms with E-state index in [2.05, 4.69) is 10.3 Å². The zero-order valence-corrected chi connectivity index (χ0v) is 5.64. The Kier molecular flexibility index (Phi) is 1.72. The number of hydrogen-bond acceptors (Lipinski definition) is 3. The zero-order valence-electron chi connectivity index (χ0n) is 5.64. The maximum atomic E-state index is 4.98. The molecule has 50 valence electrons. The molecule has 0 radical (unpaired) electrons. The van der Waals surface area contributed by atoms with Gasteiger partial charge in [0.05, 0.1) is 5.69 Å². The summed E-state index contributed by atoms with van der Waals surface area (Å²) in [5.41, 5.74) is 0.986. The smallest absolute Gasteiger partial charge is 0.294 e. The van der Waals surface area contributed by atoms with Crippen LogP contribution in [0, 0.1) is 0 Å². The molecule has 0 saturated carbocycles. The Morgan fingerprint density at radius 1 is 1.78 bits per heavy atom.